The summed E-state index contributed by atoms with van der Waals surface area (Å²) < 4.78 is 77.5. The van der Waals surface area contributed by atoms with E-state index in [0.717, 1.165) is 61.1 Å². The van der Waals surface area contributed by atoms with E-state index in [1.165, 1.54) is 0 Å². The van der Waals surface area contributed by atoms with Crippen LogP contribution in [0, 0.1) is 0 Å². The van der Waals surface area contributed by atoms with Crippen molar-refractivity contribution in [3.05, 3.63) is 66.4 Å². The molecule has 0 amide bonds. The number of halogens is 6. The maximum Gasteiger partial charge on any atom is 0.490 e. The van der Waals surface area contributed by atoms with Crippen LogP contribution in [0.3, 0.4) is 0 Å². The molecular weight excluding hydrogens is 578 g/mol. The van der Waals surface area contributed by atoms with Gasteiger partial charge < -0.3 is 24.3 Å². The molecule has 10 nitrogen and oxygen atoms in total. The highest BCUT2D eigenvalue weighted by Gasteiger charge is 2.43. The molecule has 2 aliphatic heterocycles. The van der Waals surface area contributed by atoms with Gasteiger partial charge in [-0.3, -0.25) is 9.88 Å². The van der Waals surface area contributed by atoms with Crippen molar-refractivity contribution in [2.45, 2.75) is 44.1 Å². The number of imidazole rings is 1. The Hall–Kier alpha value is -4.18. The molecule has 4 heterocycles. The van der Waals surface area contributed by atoms with Gasteiger partial charge in [0.05, 0.1) is 31.2 Å². The van der Waals surface area contributed by atoms with Crippen molar-refractivity contribution < 1.29 is 55.6 Å². The lowest BCUT2D eigenvalue weighted by Gasteiger charge is -2.35. The number of benzene rings is 1. The molecule has 1 atom stereocenters. The van der Waals surface area contributed by atoms with Gasteiger partial charge in [-0.15, -0.1) is 0 Å². The first-order valence-electron chi connectivity index (χ1n) is 12.2. The number of rotatable bonds is 4. The fraction of sp³-hybridized carbons (Fsp3) is 0.385. The average Bonchev–Trinajstić information content (AvgIpc) is 3.52. The van der Waals surface area contributed by atoms with Crippen LogP contribution in [0.4, 0.5) is 26.3 Å². The van der Waals surface area contributed by atoms with Crippen LogP contribution in [0.2, 0.25) is 0 Å². The highest BCUT2D eigenvalue weighted by Crippen LogP contribution is 2.36. The Balaban J connectivity index is 0.000000289. The number of alkyl halides is 6. The van der Waals surface area contributed by atoms with E-state index < -0.39 is 24.3 Å². The largest absolute Gasteiger partial charge is 0.497 e. The molecule has 1 saturated heterocycles. The van der Waals surface area contributed by atoms with Gasteiger partial charge in [-0.05, 0) is 30.7 Å². The number of carbonyl (C=O) groups is 2. The fourth-order valence-electron chi connectivity index (χ4n) is 4.30. The lowest BCUT2D eigenvalue weighted by molar-refractivity contribution is -0.193. The van der Waals surface area contributed by atoms with E-state index in [1.807, 2.05) is 36.7 Å². The number of aromatic nitrogens is 3. The summed E-state index contributed by atoms with van der Waals surface area (Å²) in [5.41, 5.74) is 3.20. The first kappa shape index (κ1) is 32.3. The summed E-state index contributed by atoms with van der Waals surface area (Å²) in [6, 6.07) is 14.2. The molecule has 1 spiro atoms. The molecule has 1 unspecified atom stereocenters. The number of ether oxygens (including phenoxy) is 2. The second-order valence-corrected chi connectivity index (χ2v) is 9.24. The summed E-state index contributed by atoms with van der Waals surface area (Å²) in [5, 5.41) is 14.2. The number of hydrogen-bond donors (Lipinski definition) is 2. The Bertz CT molecular complexity index is 1340. The van der Waals surface area contributed by atoms with Crippen molar-refractivity contribution in [3.8, 4) is 17.0 Å². The number of nitrogens with zero attached hydrogens (tertiary/aromatic N) is 4. The molecule has 3 aromatic rings. The van der Waals surface area contributed by atoms with Gasteiger partial charge >= 0.3 is 24.3 Å². The van der Waals surface area contributed by atoms with Crippen molar-refractivity contribution >= 4 is 11.9 Å². The molecule has 0 bridgehead atoms. The highest BCUT2D eigenvalue weighted by molar-refractivity contribution is 5.73. The predicted molar refractivity (Wildman–Crippen MR) is 133 cm³/mol. The smallest absolute Gasteiger partial charge is 0.490 e. The molecule has 0 radical (unpaired) electrons. The van der Waals surface area contributed by atoms with Gasteiger partial charge in [-0.1, -0.05) is 18.2 Å². The van der Waals surface area contributed by atoms with E-state index in [0.29, 0.717) is 6.61 Å². The molecule has 228 valence electrons. The minimum Gasteiger partial charge on any atom is -0.497 e. The molecule has 2 N–H and O–H groups in total. The number of pyridine rings is 1. The van der Waals surface area contributed by atoms with Crippen molar-refractivity contribution in [1.29, 1.82) is 0 Å². The maximum atomic E-state index is 10.6. The number of hydrogen-bond acceptors (Lipinski definition) is 7. The number of likely N-dealkylation sites (tertiary alicyclic amines) is 1. The van der Waals surface area contributed by atoms with Crippen molar-refractivity contribution in [2.75, 3.05) is 20.2 Å². The van der Waals surface area contributed by atoms with E-state index in [1.54, 1.807) is 7.11 Å². The van der Waals surface area contributed by atoms with E-state index in [9.17, 15) is 26.3 Å². The molecule has 16 heteroatoms. The maximum absolute atomic E-state index is 10.6. The topological polar surface area (TPSA) is 127 Å². The molecular formula is C26H26F6N4O6. The van der Waals surface area contributed by atoms with Crippen molar-refractivity contribution in [1.82, 2.24) is 19.4 Å². The monoisotopic (exact) mass is 604 g/mol. The summed E-state index contributed by atoms with van der Waals surface area (Å²) in [7, 11) is 1.70. The summed E-state index contributed by atoms with van der Waals surface area (Å²) in [6.07, 6.45) is -5.33. The number of fused-ring (bicyclic) bond motifs is 1. The number of carboxylic acids is 2. The third kappa shape index (κ3) is 8.66. The second kappa shape index (κ2) is 13.2. The SMILES string of the molecule is COc1cccc(-c2cnc3n2CC2(CCN(Cc4ccccn4)C2)OC3)c1.O=C(O)C(F)(F)F.O=C(O)C(F)(F)F. The Kier molecular flexibility index (Phi) is 10.2. The van der Waals surface area contributed by atoms with Gasteiger partial charge in [0.2, 0.25) is 0 Å². The van der Waals surface area contributed by atoms with E-state index in [2.05, 4.69) is 37.6 Å². The normalized spacial score (nSPS) is 18.3. The van der Waals surface area contributed by atoms with Crippen molar-refractivity contribution in [2.24, 2.45) is 0 Å². The predicted octanol–water partition coefficient (Wildman–Crippen LogP) is 4.40. The second-order valence-electron chi connectivity index (χ2n) is 9.24. The van der Waals surface area contributed by atoms with Crippen LogP contribution in [-0.4, -0.2) is 79.7 Å². The molecule has 0 aliphatic carbocycles. The molecule has 2 aromatic heterocycles. The van der Waals surface area contributed by atoms with Crippen LogP contribution in [0.25, 0.3) is 11.3 Å². The number of aliphatic carboxylic acids is 2. The van der Waals surface area contributed by atoms with E-state index >= 15 is 0 Å². The Morgan fingerprint density at radius 3 is 2.24 bits per heavy atom. The fourth-order valence-corrected chi connectivity index (χ4v) is 4.30. The highest BCUT2D eigenvalue weighted by atomic mass is 19.4. The minimum atomic E-state index is -5.08. The summed E-state index contributed by atoms with van der Waals surface area (Å²) >= 11 is 0. The molecule has 0 saturated carbocycles. The van der Waals surface area contributed by atoms with Crippen molar-refractivity contribution in [3.63, 3.8) is 0 Å². The van der Waals surface area contributed by atoms with Crippen LogP contribution < -0.4 is 4.74 Å². The van der Waals surface area contributed by atoms with Crippen LogP contribution in [0.1, 0.15) is 17.9 Å². The first-order valence-corrected chi connectivity index (χ1v) is 12.2. The minimum absolute atomic E-state index is 0.157. The summed E-state index contributed by atoms with van der Waals surface area (Å²) in [4.78, 5) is 29.3. The lowest BCUT2D eigenvalue weighted by atomic mass is 10.0. The Morgan fingerprint density at radius 1 is 1.00 bits per heavy atom. The number of methoxy groups -OCH3 is 1. The third-order valence-corrected chi connectivity index (χ3v) is 6.25. The van der Waals surface area contributed by atoms with Crippen LogP contribution in [0.5, 0.6) is 5.75 Å². The van der Waals surface area contributed by atoms with Gasteiger partial charge in [-0.2, -0.15) is 26.3 Å². The van der Waals surface area contributed by atoms with Gasteiger partial charge in [0.25, 0.3) is 0 Å². The quantitative estimate of drug-likeness (QED) is 0.417. The lowest BCUT2D eigenvalue weighted by Crippen LogP contribution is -2.44. The summed E-state index contributed by atoms with van der Waals surface area (Å²) in [6.45, 7) is 4.19. The van der Waals surface area contributed by atoms with E-state index in [-0.39, 0.29) is 5.60 Å². The zero-order valence-corrected chi connectivity index (χ0v) is 22.0. The first-order chi connectivity index (χ1) is 19.6. The molecule has 5 rings (SSSR count). The molecule has 1 aromatic carbocycles. The van der Waals surface area contributed by atoms with Crippen LogP contribution in [0.15, 0.2) is 54.9 Å². The third-order valence-electron chi connectivity index (χ3n) is 6.25. The van der Waals surface area contributed by atoms with E-state index in [4.69, 9.17) is 29.3 Å². The van der Waals surface area contributed by atoms with Gasteiger partial charge in [0.1, 0.15) is 23.8 Å². The van der Waals surface area contributed by atoms with Gasteiger partial charge in [-0.25, -0.2) is 14.6 Å². The van der Waals surface area contributed by atoms with Crippen LogP contribution in [-0.2, 0) is 34.0 Å². The van der Waals surface area contributed by atoms with Gasteiger partial charge in [0, 0.05) is 31.4 Å². The molecule has 2 aliphatic rings. The zero-order valence-electron chi connectivity index (χ0n) is 22.0. The van der Waals surface area contributed by atoms with Crippen LogP contribution >= 0.6 is 0 Å². The molecule has 1 fully saturated rings. The summed E-state index contributed by atoms with van der Waals surface area (Å²) in [5.74, 6) is -3.66. The van der Waals surface area contributed by atoms with Gasteiger partial charge in [0.15, 0.2) is 0 Å². The average molecular weight is 605 g/mol. The zero-order chi connectivity index (χ0) is 31.1. The Morgan fingerprint density at radius 2 is 1.67 bits per heavy atom. The number of carboxylic acid groups (broad SMARTS) is 2. The molecule has 42 heavy (non-hydrogen) atoms. The standard InChI is InChI=1S/C22H24N4O2.2C2HF3O2/c1-27-19-7-4-5-17(11-19)20-12-24-21-14-28-22(16-26(20)21)8-10-25(15-22)13-18-6-2-3-9-23-18;2*3-2(4,5)1(6)7/h2-7,9,11-12H,8,10,13-16H2,1H3;2*(H,6,7). The Labute approximate surface area is 235 Å².